The van der Waals surface area contributed by atoms with Crippen molar-refractivity contribution in [2.75, 3.05) is 9.80 Å². The zero-order chi connectivity index (χ0) is 53.9. The summed E-state index contributed by atoms with van der Waals surface area (Å²) >= 11 is 1.88. The molecule has 11 aromatic carbocycles. The van der Waals surface area contributed by atoms with Crippen molar-refractivity contribution >= 4 is 132 Å². The highest BCUT2D eigenvalue weighted by Gasteiger charge is 2.45. The van der Waals surface area contributed by atoms with Gasteiger partial charge in [-0.15, -0.1) is 11.3 Å². The first-order valence-electron chi connectivity index (χ1n) is 28.1. The molecule has 12 aromatic rings. The molecule has 0 N–H and O–H groups in total. The number of thiophene rings is 1. The molecule has 2 aliphatic rings. The molecule has 0 atom stereocenters. The molecular weight excluding hydrogens is 960 g/mol. The van der Waals surface area contributed by atoms with Crippen LogP contribution < -0.4 is 26.2 Å². The lowest BCUT2D eigenvalue weighted by molar-refractivity contribution is 0.568. The van der Waals surface area contributed by atoms with E-state index in [9.17, 15) is 0 Å². The number of hydrogen-bond acceptors (Lipinski definition) is 3. The van der Waals surface area contributed by atoms with Crippen molar-refractivity contribution in [3.05, 3.63) is 210 Å². The summed E-state index contributed by atoms with van der Waals surface area (Å²) in [6.07, 6.45) is 0. The molecule has 4 heteroatoms. The van der Waals surface area contributed by atoms with Crippen molar-refractivity contribution in [2.45, 2.75) is 105 Å². The van der Waals surface area contributed by atoms with Gasteiger partial charge in [-0.05, 0) is 206 Å². The molecule has 1 aromatic heterocycles. The summed E-state index contributed by atoms with van der Waals surface area (Å²) in [5.41, 5.74) is 18.6. The van der Waals surface area contributed by atoms with Gasteiger partial charge in [0.05, 0.1) is 0 Å². The average molecular weight is 1030 g/mol. The van der Waals surface area contributed by atoms with Gasteiger partial charge in [0.15, 0.2) is 0 Å². The second-order valence-electron chi connectivity index (χ2n) is 26.8. The molecule has 2 aliphatic heterocycles. The molecule has 382 valence electrons. The van der Waals surface area contributed by atoms with E-state index in [0.717, 1.165) is 0 Å². The molecule has 0 amide bonds. The number of fused-ring (bicyclic) bond motifs is 11. The quantitative estimate of drug-likeness (QED) is 0.129. The van der Waals surface area contributed by atoms with Crippen LogP contribution in [0.25, 0.3) is 74.4 Å². The van der Waals surface area contributed by atoms with Gasteiger partial charge in [-0.3, -0.25) is 0 Å². The predicted octanol–water partition coefficient (Wildman–Crippen LogP) is 19.6. The second kappa shape index (κ2) is 16.9. The Bertz CT molecular complexity index is 4220. The standard InChI is InChI=1S/C74H67BN2S/c1-71(2,3)54-38-55(72(4,5)6)41-58(40-54)76-64-34-51-29-46-21-15-13-19-44(46)27-49(51)32-62(64)75-63-33-50-28-45-20-14-16-22-47(45)30-52(50)35-65(63)77(59-42-56(73(7,8)9)39-57(43-59)74(10,11)12)67-37-53(36-66(76)70(67)75)48-25-26-69-61(31-48)60-23-17-18-24-68(60)78-69/h13-43H,1-12H3. The molecule has 0 bridgehead atoms. The molecule has 2 nitrogen and oxygen atoms in total. The third-order valence-corrected chi connectivity index (χ3v) is 18.4. The average Bonchev–Trinajstić information content (AvgIpc) is 3.27. The number of rotatable bonds is 3. The first kappa shape index (κ1) is 48.7. The SMILES string of the molecule is CC(C)(C)c1cc(N2c3cc4cc5ccccc5cc4cc3B3c4cc5cc6ccccc6cc5cc4N(c4cc(C(C)(C)C)cc(C(C)(C)C)c4)c4cc(-c5ccc6sc7ccccc7c6c5)cc2c43)cc(C(C)(C)C)c1. The highest BCUT2D eigenvalue weighted by atomic mass is 32.1. The predicted molar refractivity (Wildman–Crippen MR) is 344 cm³/mol. The number of anilines is 6. The van der Waals surface area contributed by atoms with Crippen molar-refractivity contribution in [1.82, 2.24) is 0 Å². The summed E-state index contributed by atoms with van der Waals surface area (Å²) < 4.78 is 2.63. The van der Waals surface area contributed by atoms with Crippen LogP contribution in [-0.2, 0) is 21.7 Å². The van der Waals surface area contributed by atoms with Crippen molar-refractivity contribution in [3.63, 3.8) is 0 Å². The van der Waals surface area contributed by atoms with E-state index in [0.29, 0.717) is 0 Å². The van der Waals surface area contributed by atoms with Gasteiger partial charge in [-0.1, -0.05) is 180 Å². The minimum Gasteiger partial charge on any atom is -0.311 e. The van der Waals surface area contributed by atoms with Gasteiger partial charge in [0.1, 0.15) is 0 Å². The summed E-state index contributed by atoms with van der Waals surface area (Å²) in [6.45, 7) is 28.3. The van der Waals surface area contributed by atoms with E-state index in [1.165, 1.54) is 147 Å². The molecule has 78 heavy (non-hydrogen) atoms. The maximum atomic E-state index is 2.68. The van der Waals surface area contributed by atoms with Crippen molar-refractivity contribution < 1.29 is 0 Å². The first-order chi connectivity index (χ1) is 37.1. The number of hydrogen-bond donors (Lipinski definition) is 0. The van der Waals surface area contributed by atoms with Gasteiger partial charge < -0.3 is 9.80 Å². The van der Waals surface area contributed by atoms with Crippen LogP contribution in [0, 0.1) is 0 Å². The summed E-state index contributed by atoms with van der Waals surface area (Å²) in [5.74, 6) is 0. The Labute approximate surface area is 465 Å². The molecule has 0 unspecified atom stereocenters. The van der Waals surface area contributed by atoms with E-state index in [-0.39, 0.29) is 28.4 Å². The van der Waals surface area contributed by atoms with Gasteiger partial charge in [-0.25, -0.2) is 0 Å². The van der Waals surface area contributed by atoms with Gasteiger partial charge >= 0.3 is 0 Å². The lowest BCUT2D eigenvalue weighted by atomic mass is 9.33. The Morgan fingerprint density at radius 2 is 0.692 bits per heavy atom. The van der Waals surface area contributed by atoms with Gasteiger partial charge in [0, 0.05) is 54.3 Å². The van der Waals surface area contributed by atoms with Crippen LogP contribution in [0.15, 0.2) is 188 Å². The Morgan fingerprint density at radius 3 is 1.12 bits per heavy atom. The molecular formula is C74H67BN2S. The van der Waals surface area contributed by atoms with Crippen LogP contribution in [0.5, 0.6) is 0 Å². The van der Waals surface area contributed by atoms with E-state index in [4.69, 9.17) is 0 Å². The molecule has 0 radical (unpaired) electrons. The first-order valence-corrected chi connectivity index (χ1v) is 28.9. The fraction of sp³-hybridized carbons (Fsp3) is 0.216. The Kier molecular flexibility index (Phi) is 10.6. The zero-order valence-corrected chi connectivity index (χ0v) is 48.1. The minimum atomic E-state index is -0.0940. The van der Waals surface area contributed by atoms with E-state index >= 15 is 0 Å². The molecule has 14 rings (SSSR count). The molecule has 0 aliphatic carbocycles. The van der Waals surface area contributed by atoms with Gasteiger partial charge in [0.25, 0.3) is 6.71 Å². The van der Waals surface area contributed by atoms with Crippen LogP contribution in [0.3, 0.4) is 0 Å². The lowest BCUT2D eigenvalue weighted by Crippen LogP contribution is -2.61. The van der Waals surface area contributed by atoms with Gasteiger partial charge in [-0.2, -0.15) is 0 Å². The van der Waals surface area contributed by atoms with Crippen LogP contribution in [0.4, 0.5) is 34.1 Å². The summed E-state index contributed by atoms with van der Waals surface area (Å²) in [4.78, 5) is 5.35. The zero-order valence-electron chi connectivity index (χ0n) is 47.3. The highest BCUT2D eigenvalue weighted by molar-refractivity contribution is 7.25. The summed E-state index contributed by atoms with van der Waals surface area (Å²) in [7, 11) is 0. The summed E-state index contributed by atoms with van der Waals surface area (Å²) in [6, 6.07) is 73.7. The van der Waals surface area contributed by atoms with Crippen LogP contribution in [-0.4, -0.2) is 6.71 Å². The maximum Gasteiger partial charge on any atom is 0.252 e. The molecule has 0 saturated carbocycles. The van der Waals surface area contributed by atoms with E-state index < -0.39 is 0 Å². The lowest BCUT2D eigenvalue weighted by Gasteiger charge is -2.45. The van der Waals surface area contributed by atoms with E-state index in [1.54, 1.807) is 0 Å². The normalized spacial score (nSPS) is 13.8. The molecule has 0 saturated heterocycles. The highest BCUT2D eigenvalue weighted by Crippen LogP contribution is 2.50. The van der Waals surface area contributed by atoms with Crippen molar-refractivity contribution in [1.29, 1.82) is 0 Å². The topological polar surface area (TPSA) is 6.48 Å². The fourth-order valence-electron chi connectivity index (χ4n) is 12.7. The smallest absolute Gasteiger partial charge is 0.252 e. The van der Waals surface area contributed by atoms with E-state index in [2.05, 4.69) is 281 Å². The van der Waals surface area contributed by atoms with Gasteiger partial charge in [0.2, 0.25) is 0 Å². The van der Waals surface area contributed by atoms with E-state index in [1.807, 2.05) is 11.3 Å². The molecule has 0 spiro atoms. The third kappa shape index (κ3) is 7.88. The van der Waals surface area contributed by atoms with Crippen LogP contribution in [0.1, 0.15) is 105 Å². The van der Waals surface area contributed by atoms with Crippen molar-refractivity contribution in [3.8, 4) is 11.1 Å². The minimum absolute atomic E-state index is 0.0858. The van der Waals surface area contributed by atoms with Crippen molar-refractivity contribution in [2.24, 2.45) is 0 Å². The number of nitrogens with zero attached hydrogens (tertiary/aromatic N) is 2. The van der Waals surface area contributed by atoms with Crippen LogP contribution >= 0.6 is 11.3 Å². The Balaban J connectivity index is 1.17. The summed E-state index contributed by atoms with van der Waals surface area (Å²) in [5, 5.41) is 12.6. The molecule has 0 fully saturated rings. The second-order valence-corrected chi connectivity index (χ2v) is 27.9. The molecule has 3 heterocycles. The largest absolute Gasteiger partial charge is 0.311 e. The monoisotopic (exact) mass is 1030 g/mol. The fourth-order valence-corrected chi connectivity index (χ4v) is 13.8. The third-order valence-electron chi connectivity index (χ3n) is 17.2. The Hall–Kier alpha value is -7.66. The number of benzene rings is 11. The maximum absolute atomic E-state index is 2.68. The van der Waals surface area contributed by atoms with Crippen LogP contribution in [0.2, 0.25) is 0 Å². The Morgan fingerprint density at radius 1 is 0.308 bits per heavy atom.